The van der Waals surface area contributed by atoms with Crippen LogP contribution in [0.2, 0.25) is 0 Å². The summed E-state index contributed by atoms with van der Waals surface area (Å²) >= 11 is 0. The van der Waals surface area contributed by atoms with Gasteiger partial charge in [0.25, 0.3) is 0 Å². The molecule has 0 unspecified atom stereocenters. The predicted molar refractivity (Wildman–Crippen MR) is 113 cm³/mol. The summed E-state index contributed by atoms with van der Waals surface area (Å²) in [4.78, 5) is 12.2. The maximum atomic E-state index is 12.2. The number of Topliss-reactive ketones (excluding diaryl/α,β-unsaturated/α-hetero) is 1. The zero-order chi connectivity index (χ0) is 20.2. The largest absolute Gasteiger partial charge is 0.508 e. The lowest BCUT2D eigenvalue weighted by molar-refractivity contribution is 0.0960. The number of hydrogen-bond donors (Lipinski definition) is 2. The van der Waals surface area contributed by atoms with Crippen LogP contribution in [0.1, 0.15) is 107 Å². The van der Waals surface area contributed by atoms with Crippen molar-refractivity contribution in [2.24, 2.45) is 0 Å². The number of ketones is 1. The van der Waals surface area contributed by atoms with E-state index in [9.17, 15) is 15.0 Å². The van der Waals surface area contributed by atoms with Gasteiger partial charge >= 0.3 is 0 Å². The van der Waals surface area contributed by atoms with Crippen molar-refractivity contribution >= 4 is 5.78 Å². The smallest absolute Gasteiger partial charge is 0.177 e. The highest BCUT2D eigenvalue weighted by atomic mass is 16.5. The number of phenolic OH excluding ortho intramolecular Hbond substituents is 2. The molecule has 1 aromatic rings. The average Bonchev–Trinajstić information content (AvgIpc) is 2.64. The Labute approximate surface area is 169 Å². The van der Waals surface area contributed by atoms with Crippen molar-refractivity contribution in [3.05, 3.63) is 29.5 Å². The molecule has 0 bridgehead atoms. The first-order valence-electron chi connectivity index (χ1n) is 11.1. The number of benzene rings is 1. The zero-order valence-electron chi connectivity index (χ0n) is 17.3. The van der Waals surface area contributed by atoms with Gasteiger partial charge in [0.05, 0.1) is 6.42 Å². The minimum absolute atomic E-state index is 0.105. The molecule has 156 valence electrons. The van der Waals surface area contributed by atoms with Gasteiger partial charge in [-0.25, -0.2) is 0 Å². The minimum Gasteiger partial charge on any atom is -0.508 e. The summed E-state index contributed by atoms with van der Waals surface area (Å²) < 4.78 is 5.69. The molecular weight excluding hydrogens is 352 g/mol. The van der Waals surface area contributed by atoms with Gasteiger partial charge in [-0.15, -0.1) is 0 Å². The van der Waals surface area contributed by atoms with Crippen LogP contribution in [0.15, 0.2) is 24.0 Å². The standard InChI is InChI=1S/C24H36O4/c1-2-3-4-5-6-7-8-9-10-11-12-13-14-15-20-18-22(27)24-21(26)16-19(25)17-23(24)28-20/h15-17,25-26H,2-14,18H2,1H3. The highest BCUT2D eigenvalue weighted by molar-refractivity contribution is 6.03. The summed E-state index contributed by atoms with van der Waals surface area (Å²) in [5, 5.41) is 19.4. The normalized spacial score (nSPS) is 14.9. The molecule has 0 aromatic heterocycles. The van der Waals surface area contributed by atoms with E-state index in [0.29, 0.717) is 5.76 Å². The number of allylic oxidation sites excluding steroid dienone is 2. The van der Waals surface area contributed by atoms with Gasteiger partial charge in [0.2, 0.25) is 0 Å². The van der Waals surface area contributed by atoms with Crippen LogP contribution in [0.4, 0.5) is 0 Å². The summed E-state index contributed by atoms with van der Waals surface area (Å²) in [6.07, 6.45) is 18.9. The molecule has 0 atom stereocenters. The van der Waals surface area contributed by atoms with Crippen molar-refractivity contribution in [3.63, 3.8) is 0 Å². The van der Waals surface area contributed by atoms with Crippen LogP contribution < -0.4 is 4.74 Å². The van der Waals surface area contributed by atoms with E-state index in [-0.39, 0.29) is 35.0 Å². The van der Waals surface area contributed by atoms with Crippen LogP contribution in [0.3, 0.4) is 0 Å². The lowest BCUT2D eigenvalue weighted by Crippen LogP contribution is -2.14. The fourth-order valence-corrected chi connectivity index (χ4v) is 3.73. The quantitative estimate of drug-likeness (QED) is 0.356. The molecule has 4 nitrogen and oxygen atoms in total. The van der Waals surface area contributed by atoms with E-state index in [1.54, 1.807) is 0 Å². The van der Waals surface area contributed by atoms with E-state index in [0.717, 1.165) is 12.8 Å². The predicted octanol–water partition coefficient (Wildman–Crippen LogP) is 7.04. The van der Waals surface area contributed by atoms with Gasteiger partial charge in [0.15, 0.2) is 5.78 Å². The van der Waals surface area contributed by atoms with Gasteiger partial charge < -0.3 is 14.9 Å². The minimum atomic E-state index is -0.222. The molecule has 0 saturated carbocycles. The van der Waals surface area contributed by atoms with Crippen LogP contribution in [0.5, 0.6) is 17.2 Å². The van der Waals surface area contributed by atoms with Gasteiger partial charge in [0.1, 0.15) is 28.6 Å². The van der Waals surface area contributed by atoms with Gasteiger partial charge in [0, 0.05) is 12.1 Å². The lowest BCUT2D eigenvalue weighted by atomic mass is 10.0. The number of unbranched alkanes of at least 4 members (excludes halogenated alkanes) is 12. The lowest BCUT2D eigenvalue weighted by Gasteiger charge is -2.19. The van der Waals surface area contributed by atoms with Gasteiger partial charge in [-0.3, -0.25) is 4.79 Å². The Hall–Kier alpha value is -1.97. The third-order valence-electron chi connectivity index (χ3n) is 5.35. The molecule has 0 spiro atoms. The number of phenols is 2. The second kappa shape index (κ2) is 12.5. The zero-order valence-corrected chi connectivity index (χ0v) is 17.3. The van der Waals surface area contributed by atoms with Gasteiger partial charge in [-0.1, -0.05) is 77.6 Å². The van der Waals surface area contributed by atoms with E-state index >= 15 is 0 Å². The molecule has 0 amide bonds. The first-order chi connectivity index (χ1) is 13.6. The van der Waals surface area contributed by atoms with Crippen molar-refractivity contribution in [2.45, 2.75) is 96.8 Å². The summed E-state index contributed by atoms with van der Waals surface area (Å²) in [5.74, 6) is 0.367. The first-order valence-corrected chi connectivity index (χ1v) is 11.1. The summed E-state index contributed by atoms with van der Waals surface area (Å²) in [6.45, 7) is 2.26. The molecule has 4 heteroatoms. The average molecular weight is 389 g/mol. The van der Waals surface area contributed by atoms with Crippen molar-refractivity contribution in [2.75, 3.05) is 0 Å². The van der Waals surface area contributed by atoms with E-state index in [2.05, 4.69) is 6.92 Å². The van der Waals surface area contributed by atoms with Crippen molar-refractivity contribution in [3.8, 4) is 17.2 Å². The number of fused-ring (bicyclic) bond motifs is 1. The van der Waals surface area contributed by atoms with E-state index in [4.69, 9.17) is 4.74 Å². The van der Waals surface area contributed by atoms with Crippen molar-refractivity contribution < 1.29 is 19.7 Å². The SMILES string of the molecule is CCCCCCCCCCCCCCC=C1CC(=O)c2c(O)cc(O)cc2O1. The molecule has 2 N–H and O–H groups in total. The fourth-order valence-electron chi connectivity index (χ4n) is 3.73. The Kier molecular flexibility index (Phi) is 9.95. The highest BCUT2D eigenvalue weighted by Gasteiger charge is 2.26. The maximum Gasteiger partial charge on any atom is 0.177 e. The number of ether oxygens (including phenoxy) is 1. The molecule has 0 saturated heterocycles. The molecule has 28 heavy (non-hydrogen) atoms. The Morgan fingerprint density at radius 3 is 2.07 bits per heavy atom. The molecule has 1 aliphatic rings. The molecule has 0 radical (unpaired) electrons. The summed E-state index contributed by atoms with van der Waals surface area (Å²) in [7, 11) is 0. The van der Waals surface area contributed by atoms with E-state index in [1.807, 2.05) is 6.08 Å². The number of hydrogen-bond acceptors (Lipinski definition) is 4. The Balaban J connectivity index is 1.56. The molecule has 2 rings (SSSR count). The second-order valence-corrected chi connectivity index (χ2v) is 7.89. The fraction of sp³-hybridized carbons (Fsp3) is 0.625. The number of carbonyl (C=O) groups excluding carboxylic acids is 1. The van der Waals surface area contributed by atoms with Crippen molar-refractivity contribution in [1.82, 2.24) is 0 Å². The summed E-state index contributed by atoms with van der Waals surface area (Å²) in [6, 6.07) is 2.55. The Bertz CT molecular complexity index is 648. The Morgan fingerprint density at radius 2 is 1.46 bits per heavy atom. The monoisotopic (exact) mass is 388 g/mol. The van der Waals surface area contributed by atoms with Crippen LogP contribution >= 0.6 is 0 Å². The maximum absolute atomic E-state index is 12.2. The highest BCUT2D eigenvalue weighted by Crippen LogP contribution is 2.38. The molecule has 1 aliphatic heterocycles. The van der Waals surface area contributed by atoms with Crippen LogP contribution in [-0.4, -0.2) is 16.0 Å². The van der Waals surface area contributed by atoms with Gasteiger partial charge in [-0.2, -0.15) is 0 Å². The topological polar surface area (TPSA) is 66.8 Å². The van der Waals surface area contributed by atoms with Crippen LogP contribution in [-0.2, 0) is 0 Å². The van der Waals surface area contributed by atoms with E-state index in [1.165, 1.54) is 82.8 Å². The van der Waals surface area contributed by atoms with Gasteiger partial charge in [-0.05, 0) is 18.9 Å². The number of rotatable bonds is 13. The third-order valence-corrected chi connectivity index (χ3v) is 5.35. The molecule has 1 aromatic carbocycles. The molecule has 0 aliphatic carbocycles. The second-order valence-electron chi connectivity index (χ2n) is 7.89. The molecule has 1 heterocycles. The number of aromatic hydroxyl groups is 2. The third kappa shape index (κ3) is 7.57. The van der Waals surface area contributed by atoms with E-state index < -0.39 is 0 Å². The molecule has 0 fully saturated rings. The molecular formula is C24H36O4. The summed E-state index contributed by atoms with van der Waals surface area (Å²) in [5.41, 5.74) is 0.167. The van der Waals surface area contributed by atoms with Crippen LogP contribution in [0, 0.1) is 0 Å². The first kappa shape index (κ1) is 22.3. The van der Waals surface area contributed by atoms with Crippen LogP contribution in [0.25, 0.3) is 0 Å². The Morgan fingerprint density at radius 1 is 0.893 bits per heavy atom. The number of carbonyl (C=O) groups is 1. The van der Waals surface area contributed by atoms with Crippen molar-refractivity contribution in [1.29, 1.82) is 0 Å².